The van der Waals surface area contributed by atoms with Gasteiger partial charge in [0.1, 0.15) is 0 Å². The van der Waals surface area contributed by atoms with E-state index >= 15 is 0 Å². The highest BCUT2D eigenvalue weighted by atomic mass is 16.3. The molecule has 2 nitrogen and oxygen atoms in total. The molecule has 1 rings (SSSR count). The van der Waals surface area contributed by atoms with Crippen LogP contribution in [0.3, 0.4) is 0 Å². The van der Waals surface area contributed by atoms with Crippen LogP contribution in [0.15, 0.2) is 0 Å². The Morgan fingerprint density at radius 2 is 1.75 bits per heavy atom. The van der Waals surface area contributed by atoms with Gasteiger partial charge in [-0.3, -0.25) is 0 Å². The molecule has 0 amide bonds. The molecule has 0 aliphatic heterocycles. The Kier molecular flexibility index (Phi) is 3.13. The second kappa shape index (κ2) is 3.75. The first-order valence-electron chi connectivity index (χ1n) is 4.92. The summed E-state index contributed by atoms with van der Waals surface area (Å²) < 4.78 is 0. The molecule has 0 saturated heterocycles. The summed E-state index contributed by atoms with van der Waals surface area (Å²) in [5, 5.41) is 9.18. The van der Waals surface area contributed by atoms with Crippen LogP contribution in [0.25, 0.3) is 0 Å². The number of rotatable bonds is 2. The van der Waals surface area contributed by atoms with E-state index in [4.69, 9.17) is 5.73 Å². The predicted octanol–water partition coefficient (Wildman–Crippen LogP) is 1.52. The van der Waals surface area contributed by atoms with Crippen LogP contribution in [0.5, 0.6) is 0 Å². The summed E-state index contributed by atoms with van der Waals surface area (Å²) in [5.41, 5.74) is 5.92. The molecule has 0 spiro atoms. The molecule has 0 heterocycles. The first-order valence-corrected chi connectivity index (χ1v) is 4.92. The lowest BCUT2D eigenvalue weighted by Crippen LogP contribution is -2.35. The van der Waals surface area contributed by atoms with Crippen molar-refractivity contribution in [2.75, 3.05) is 6.61 Å². The van der Waals surface area contributed by atoms with Crippen LogP contribution in [0.2, 0.25) is 0 Å². The summed E-state index contributed by atoms with van der Waals surface area (Å²) in [5.74, 6) is 0.669. The van der Waals surface area contributed by atoms with Gasteiger partial charge in [-0.25, -0.2) is 0 Å². The third-order valence-corrected chi connectivity index (χ3v) is 3.28. The Balaban J connectivity index is 2.44. The second-order valence-corrected chi connectivity index (χ2v) is 4.76. The lowest BCUT2D eigenvalue weighted by Gasteiger charge is -2.37. The van der Waals surface area contributed by atoms with E-state index in [1.54, 1.807) is 0 Å². The van der Waals surface area contributed by atoms with Crippen molar-refractivity contribution in [1.29, 1.82) is 0 Å². The predicted molar refractivity (Wildman–Crippen MR) is 50.8 cm³/mol. The number of aliphatic hydroxyl groups is 1. The zero-order valence-corrected chi connectivity index (χ0v) is 8.21. The quantitative estimate of drug-likeness (QED) is 0.661. The van der Waals surface area contributed by atoms with Crippen LogP contribution in [0.1, 0.15) is 39.5 Å². The average molecular weight is 171 g/mol. The van der Waals surface area contributed by atoms with Crippen molar-refractivity contribution in [3.8, 4) is 0 Å². The maximum absolute atomic E-state index is 9.18. The molecule has 1 aliphatic carbocycles. The minimum Gasteiger partial charge on any atom is -0.396 e. The highest BCUT2D eigenvalue weighted by Crippen LogP contribution is 2.37. The molecule has 12 heavy (non-hydrogen) atoms. The molecule has 0 unspecified atom stereocenters. The van der Waals surface area contributed by atoms with E-state index in [-0.39, 0.29) is 5.41 Å². The average Bonchev–Trinajstić information content (AvgIpc) is 2.05. The summed E-state index contributed by atoms with van der Waals surface area (Å²) in [7, 11) is 0. The molecule has 0 aromatic heterocycles. The molecule has 72 valence electrons. The highest BCUT2D eigenvalue weighted by Gasteiger charge is 2.31. The van der Waals surface area contributed by atoms with Gasteiger partial charge < -0.3 is 10.8 Å². The van der Waals surface area contributed by atoms with E-state index in [1.165, 1.54) is 12.8 Å². The lowest BCUT2D eigenvalue weighted by molar-refractivity contribution is 0.0701. The van der Waals surface area contributed by atoms with Crippen molar-refractivity contribution in [3.05, 3.63) is 0 Å². The summed E-state index contributed by atoms with van der Waals surface area (Å²) in [6.45, 7) is 4.59. The van der Waals surface area contributed by atoms with Crippen LogP contribution < -0.4 is 5.73 Å². The second-order valence-electron chi connectivity index (χ2n) is 4.76. The Morgan fingerprint density at radius 1 is 1.25 bits per heavy atom. The Labute approximate surface area is 75.2 Å². The van der Waals surface area contributed by atoms with E-state index in [9.17, 15) is 5.11 Å². The molecule has 1 saturated carbocycles. The van der Waals surface area contributed by atoms with Crippen LogP contribution in [0, 0.1) is 11.3 Å². The Morgan fingerprint density at radius 3 is 2.17 bits per heavy atom. The van der Waals surface area contributed by atoms with Gasteiger partial charge in [0.05, 0.1) is 0 Å². The third kappa shape index (κ3) is 2.20. The van der Waals surface area contributed by atoms with Gasteiger partial charge in [0, 0.05) is 12.6 Å². The van der Waals surface area contributed by atoms with E-state index in [1.807, 2.05) is 0 Å². The van der Waals surface area contributed by atoms with Crippen molar-refractivity contribution in [3.63, 3.8) is 0 Å². The summed E-state index contributed by atoms with van der Waals surface area (Å²) in [6.07, 6.45) is 4.64. The molecule has 2 heteroatoms. The number of aliphatic hydroxyl groups excluding tert-OH is 1. The van der Waals surface area contributed by atoms with Crippen molar-refractivity contribution in [1.82, 2.24) is 0 Å². The van der Waals surface area contributed by atoms with Crippen LogP contribution in [0.4, 0.5) is 0 Å². The van der Waals surface area contributed by atoms with E-state index in [0.717, 1.165) is 12.8 Å². The number of hydrogen-bond donors (Lipinski definition) is 2. The van der Waals surface area contributed by atoms with Crippen molar-refractivity contribution < 1.29 is 5.11 Å². The highest BCUT2D eigenvalue weighted by molar-refractivity contribution is 4.83. The zero-order valence-electron chi connectivity index (χ0n) is 8.21. The fourth-order valence-corrected chi connectivity index (χ4v) is 2.03. The molecule has 1 aliphatic rings. The molecular weight excluding hydrogens is 150 g/mol. The Bertz CT molecular complexity index is 137. The van der Waals surface area contributed by atoms with E-state index in [2.05, 4.69) is 13.8 Å². The smallest absolute Gasteiger partial charge is 0.0484 e. The lowest BCUT2D eigenvalue weighted by atomic mass is 9.71. The first kappa shape index (κ1) is 10.0. The molecular formula is C10H21NO. The first-order chi connectivity index (χ1) is 5.56. The molecule has 0 radical (unpaired) electrons. The third-order valence-electron chi connectivity index (χ3n) is 3.28. The minimum absolute atomic E-state index is 0.0974. The monoisotopic (exact) mass is 171 g/mol. The normalized spacial score (nSPS) is 32.0. The van der Waals surface area contributed by atoms with E-state index < -0.39 is 0 Å². The minimum atomic E-state index is 0.0974. The van der Waals surface area contributed by atoms with Gasteiger partial charge in [0.15, 0.2) is 0 Å². The van der Waals surface area contributed by atoms with Crippen LogP contribution >= 0.6 is 0 Å². The van der Waals surface area contributed by atoms with Crippen molar-refractivity contribution in [2.24, 2.45) is 17.1 Å². The molecule has 0 bridgehead atoms. The fraction of sp³-hybridized carbons (Fsp3) is 1.00. The van der Waals surface area contributed by atoms with Gasteiger partial charge in [0.2, 0.25) is 0 Å². The SMILES string of the molecule is CC(C)(CO)C1CCC(N)CC1. The largest absolute Gasteiger partial charge is 0.396 e. The molecule has 0 aromatic rings. The topological polar surface area (TPSA) is 46.2 Å². The maximum Gasteiger partial charge on any atom is 0.0484 e. The van der Waals surface area contributed by atoms with Gasteiger partial charge in [-0.2, -0.15) is 0 Å². The van der Waals surface area contributed by atoms with Gasteiger partial charge in [-0.05, 0) is 37.0 Å². The summed E-state index contributed by atoms with van der Waals surface area (Å²) in [6, 6.07) is 0.413. The fourth-order valence-electron chi connectivity index (χ4n) is 2.03. The number of nitrogens with two attached hydrogens (primary N) is 1. The molecule has 0 aromatic carbocycles. The van der Waals surface area contributed by atoms with Crippen molar-refractivity contribution in [2.45, 2.75) is 45.6 Å². The molecule has 3 N–H and O–H groups in total. The van der Waals surface area contributed by atoms with Crippen LogP contribution in [-0.2, 0) is 0 Å². The van der Waals surface area contributed by atoms with Gasteiger partial charge in [-0.15, -0.1) is 0 Å². The summed E-state index contributed by atoms with van der Waals surface area (Å²) >= 11 is 0. The maximum atomic E-state index is 9.18. The molecule has 1 fully saturated rings. The summed E-state index contributed by atoms with van der Waals surface area (Å²) in [4.78, 5) is 0. The van der Waals surface area contributed by atoms with Gasteiger partial charge >= 0.3 is 0 Å². The van der Waals surface area contributed by atoms with Gasteiger partial charge in [0.25, 0.3) is 0 Å². The zero-order chi connectivity index (χ0) is 9.19. The van der Waals surface area contributed by atoms with Crippen LogP contribution in [-0.4, -0.2) is 17.8 Å². The van der Waals surface area contributed by atoms with Gasteiger partial charge in [-0.1, -0.05) is 13.8 Å². The standard InChI is InChI=1S/C10H21NO/c1-10(2,7-12)8-3-5-9(11)6-4-8/h8-9,12H,3-7,11H2,1-2H3. The van der Waals surface area contributed by atoms with Crippen molar-refractivity contribution >= 4 is 0 Å². The molecule has 0 atom stereocenters. The Hall–Kier alpha value is -0.0800. The number of hydrogen-bond acceptors (Lipinski definition) is 2. The van der Waals surface area contributed by atoms with E-state index in [0.29, 0.717) is 18.6 Å².